The Labute approximate surface area is 154 Å². The molecule has 1 heterocycles. The zero-order valence-electron chi connectivity index (χ0n) is 13.7. The summed E-state index contributed by atoms with van der Waals surface area (Å²) in [4.78, 5) is 12.5. The number of rotatable bonds is 3. The lowest BCUT2D eigenvalue weighted by Crippen LogP contribution is -2.14. The van der Waals surface area contributed by atoms with Crippen molar-refractivity contribution in [3.8, 4) is 17.6 Å². The summed E-state index contributed by atoms with van der Waals surface area (Å²) in [5.41, 5.74) is 3.39. The standard InChI is InChI=1S/C19H15BrN2O3/c1-11-4-3-5-16(12(11)2)22-19(23)14(9-21)6-13-7-17-18(8-15(13)20)25-10-24-17/h3-8H,10H2,1-2H3,(H,22,23)/b14-6+. The van der Waals surface area contributed by atoms with Crippen LogP contribution in [0.25, 0.3) is 6.08 Å². The van der Waals surface area contributed by atoms with Gasteiger partial charge in [-0.2, -0.15) is 5.26 Å². The second-order valence-corrected chi connectivity index (χ2v) is 6.45. The van der Waals surface area contributed by atoms with Crippen molar-refractivity contribution in [1.82, 2.24) is 0 Å². The Balaban J connectivity index is 1.89. The van der Waals surface area contributed by atoms with Crippen molar-refractivity contribution < 1.29 is 14.3 Å². The fraction of sp³-hybridized carbons (Fsp3) is 0.158. The Morgan fingerprint density at radius 3 is 2.72 bits per heavy atom. The molecule has 5 nitrogen and oxygen atoms in total. The van der Waals surface area contributed by atoms with Gasteiger partial charge in [0.05, 0.1) is 0 Å². The molecule has 0 saturated carbocycles. The number of amides is 1. The van der Waals surface area contributed by atoms with Crippen LogP contribution in [0.15, 0.2) is 40.4 Å². The molecule has 0 bridgehead atoms. The van der Waals surface area contributed by atoms with E-state index in [1.807, 2.05) is 38.1 Å². The Bertz CT molecular complexity index is 929. The lowest BCUT2D eigenvalue weighted by atomic mass is 10.1. The molecule has 0 atom stereocenters. The monoisotopic (exact) mass is 398 g/mol. The summed E-state index contributed by atoms with van der Waals surface area (Å²) in [7, 11) is 0. The molecule has 126 valence electrons. The molecule has 1 aliphatic heterocycles. The Kier molecular flexibility index (Phi) is 4.77. The van der Waals surface area contributed by atoms with E-state index in [1.54, 1.807) is 12.1 Å². The predicted molar refractivity (Wildman–Crippen MR) is 98.4 cm³/mol. The molecule has 0 saturated heterocycles. The number of carbonyl (C=O) groups is 1. The molecule has 2 aromatic rings. The van der Waals surface area contributed by atoms with E-state index in [4.69, 9.17) is 9.47 Å². The van der Waals surface area contributed by atoms with Gasteiger partial charge < -0.3 is 14.8 Å². The van der Waals surface area contributed by atoms with Gasteiger partial charge in [-0.15, -0.1) is 0 Å². The summed E-state index contributed by atoms with van der Waals surface area (Å²) >= 11 is 3.42. The zero-order chi connectivity index (χ0) is 18.0. The fourth-order valence-electron chi connectivity index (χ4n) is 2.42. The molecule has 0 unspecified atom stereocenters. The number of aryl methyl sites for hydroxylation is 1. The molecule has 0 radical (unpaired) electrons. The second kappa shape index (κ2) is 6.99. The third-order valence-corrected chi connectivity index (χ3v) is 4.70. The molecule has 6 heteroatoms. The number of halogens is 1. The molecule has 1 amide bonds. The molecular formula is C19H15BrN2O3. The van der Waals surface area contributed by atoms with Gasteiger partial charge in [0, 0.05) is 10.2 Å². The average molecular weight is 399 g/mol. The van der Waals surface area contributed by atoms with Gasteiger partial charge in [0.25, 0.3) is 5.91 Å². The van der Waals surface area contributed by atoms with E-state index < -0.39 is 5.91 Å². The summed E-state index contributed by atoms with van der Waals surface area (Å²) in [5, 5.41) is 12.2. The number of hydrogen-bond donors (Lipinski definition) is 1. The van der Waals surface area contributed by atoms with Crippen LogP contribution < -0.4 is 14.8 Å². The maximum absolute atomic E-state index is 12.5. The smallest absolute Gasteiger partial charge is 0.266 e. The van der Waals surface area contributed by atoms with Crippen LogP contribution in [0.4, 0.5) is 5.69 Å². The number of nitrogens with zero attached hydrogens (tertiary/aromatic N) is 1. The minimum absolute atomic E-state index is 0.000437. The number of anilines is 1. The third kappa shape index (κ3) is 3.52. The minimum atomic E-state index is -0.458. The van der Waals surface area contributed by atoms with Crippen LogP contribution in [0, 0.1) is 25.2 Å². The highest BCUT2D eigenvalue weighted by atomic mass is 79.9. The molecule has 3 rings (SSSR count). The van der Waals surface area contributed by atoms with Crippen LogP contribution in [0.5, 0.6) is 11.5 Å². The lowest BCUT2D eigenvalue weighted by molar-refractivity contribution is -0.112. The predicted octanol–water partition coefficient (Wildman–Crippen LogP) is 4.34. The highest BCUT2D eigenvalue weighted by Crippen LogP contribution is 2.37. The summed E-state index contributed by atoms with van der Waals surface area (Å²) < 4.78 is 11.3. The maximum Gasteiger partial charge on any atom is 0.266 e. The van der Waals surface area contributed by atoms with Gasteiger partial charge >= 0.3 is 0 Å². The van der Waals surface area contributed by atoms with E-state index in [1.165, 1.54) is 6.08 Å². The molecule has 1 N–H and O–H groups in total. The molecular weight excluding hydrogens is 384 g/mol. The molecule has 0 aromatic heterocycles. The van der Waals surface area contributed by atoms with Gasteiger partial charge in [-0.1, -0.05) is 28.1 Å². The van der Waals surface area contributed by atoms with Crippen LogP contribution in [0.2, 0.25) is 0 Å². The number of nitriles is 1. The molecule has 2 aromatic carbocycles. The van der Waals surface area contributed by atoms with Crippen LogP contribution in [0.1, 0.15) is 16.7 Å². The Hall–Kier alpha value is -2.78. The minimum Gasteiger partial charge on any atom is -0.454 e. The van der Waals surface area contributed by atoms with Crippen molar-refractivity contribution in [2.24, 2.45) is 0 Å². The largest absolute Gasteiger partial charge is 0.454 e. The SMILES string of the molecule is Cc1cccc(NC(=O)/C(C#N)=C/c2cc3c(cc2Br)OCO3)c1C. The number of nitrogens with one attached hydrogen (secondary N) is 1. The van der Waals surface area contributed by atoms with Crippen molar-refractivity contribution in [3.63, 3.8) is 0 Å². The molecule has 0 spiro atoms. The zero-order valence-corrected chi connectivity index (χ0v) is 15.3. The first-order valence-corrected chi connectivity index (χ1v) is 8.37. The number of benzene rings is 2. The maximum atomic E-state index is 12.5. The first kappa shape index (κ1) is 17.1. The van der Waals surface area contributed by atoms with E-state index in [0.29, 0.717) is 27.2 Å². The Morgan fingerprint density at radius 2 is 2.00 bits per heavy atom. The van der Waals surface area contributed by atoms with Crippen molar-refractivity contribution in [3.05, 3.63) is 57.1 Å². The van der Waals surface area contributed by atoms with Crippen LogP contribution in [-0.2, 0) is 4.79 Å². The quantitative estimate of drug-likeness (QED) is 0.616. The highest BCUT2D eigenvalue weighted by molar-refractivity contribution is 9.10. The first-order valence-electron chi connectivity index (χ1n) is 7.58. The number of hydrogen-bond acceptors (Lipinski definition) is 4. The van der Waals surface area contributed by atoms with Crippen molar-refractivity contribution in [2.75, 3.05) is 12.1 Å². The van der Waals surface area contributed by atoms with Gasteiger partial charge in [-0.25, -0.2) is 0 Å². The average Bonchev–Trinajstić information content (AvgIpc) is 3.03. The lowest BCUT2D eigenvalue weighted by Gasteiger charge is -2.10. The first-order chi connectivity index (χ1) is 12.0. The number of carbonyl (C=O) groups excluding carboxylic acids is 1. The topological polar surface area (TPSA) is 71.4 Å². The highest BCUT2D eigenvalue weighted by Gasteiger charge is 2.17. The van der Waals surface area contributed by atoms with E-state index in [2.05, 4.69) is 21.2 Å². The molecule has 0 aliphatic carbocycles. The van der Waals surface area contributed by atoms with Gasteiger partial charge in [0.1, 0.15) is 11.6 Å². The van der Waals surface area contributed by atoms with Crippen LogP contribution >= 0.6 is 15.9 Å². The molecule has 0 fully saturated rings. The van der Waals surface area contributed by atoms with Crippen LogP contribution in [0.3, 0.4) is 0 Å². The van der Waals surface area contributed by atoms with Crippen molar-refractivity contribution >= 4 is 33.6 Å². The summed E-state index contributed by atoms with van der Waals surface area (Å²) in [6, 6.07) is 11.1. The summed E-state index contributed by atoms with van der Waals surface area (Å²) in [5.74, 6) is 0.754. The molecule has 25 heavy (non-hydrogen) atoms. The second-order valence-electron chi connectivity index (χ2n) is 5.60. The van der Waals surface area contributed by atoms with Crippen molar-refractivity contribution in [2.45, 2.75) is 13.8 Å². The van der Waals surface area contributed by atoms with E-state index in [-0.39, 0.29) is 12.4 Å². The summed E-state index contributed by atoms with van der Waals surface area (Å²) in [6.07, 6.45) is 1.52. The van der Waals surface area contributed by atoms with Crippen molar-refractivity contribution in [1.29, 1.82) is 5.26 Å². The number of ether oxygens (including phenoxy) is 2. The Morgan fingerprint density at radius 1 is 1.28 bits per heavy atom. The number of fused-ring (bicyclic) bond motifs is 1. The van der Waals surface area contributed by atoms with Gasteiger partial charge in [0.15, 0.2) is 11.5 Å². The fourth-order valence-corrected chi connectivity index (χ4v) is 2.86. The van der Waals surface area contributed by atoms with Crippen LogP contribution in [-0.4, -0.2) is 12.7 Å². The third-order valence-electron chi connectivity index (χ3n) is 4.01. The van der Waals surface area contributed by atoms with Gasteiger partial charge in [-0.3, -0.25) is 4.79 Å². The van der Waals surface area contributed by atoms with Gasteiger partial charge in [-0.05, 0) is 54.8 Å². The summed E-state index contributed by atoms with van der Waals surface area (Å²) in [6.45, 7) is 4.05. The van der Waals surface area contributed by atoms with E-state index in [0.717, 1.165) is 11.1 Å². The van der Waals surface area contributed by atoms with E-state index in [9.17, 15) is 10.1 Å². The normalized spacial score (nSPS) is 12.6. The van der Waals surface area contributed by atoms with Gasteiger partial charge in [0.2, 0.25) is 6.79 Å². The van der Waals surface area contributed by atoms with E-state index >= 15 is 0 Å². The molecule has 1 aliphatic rings.